The number of rotatable bonds is 2. The number of allylic oxidation sites excluding steroid dienone is 4. The number of aliphatic imine (C=N–C) groups is 1. The predicted octanol–water partition coefficient (Wildman–Crippen LogP) is 4.61. The molecule has 0 N–H and O–H groups in total. The van der Waals surface area contributed by atoms with E-state index in [2.05, 4.69) is 4.99 Å². The van der Waals surface area contributed by atoms with Gasteiger partial charge >= 0.3 is 0 Å². The van der Waals surface area contributed by atoms with Gasteiger partial charge < -0.3 is 0 Å². The van der Waals surface area contributed by atoms with Crippen molar-refractivity contribution in [3.05, 3.63) is 23.9 Å². The summed E-state index contributed by atoms with van der Waals surface area (Å²) >= 11 is 0. The summed E-state index contributed by atoms with van der Waals surface area (Å²) in [5.74, 6) is 0. The molecule has 0 heterocycles. The highest BCUT2D eigenvalue weighted by atomic mass is 14.7. The van der Waals surface area contributed by atoms with Gasteiger partial charge in [-0.3, -0.25) is 4.99 Å². The van der Waals surface area contributed by atoms with Gasteiger partial charge in [-0.05, 0) is 26.8 Å². The van der Waals surface area contributed by atoms with Gasteiger partial charge in [0.1, 0.15) is 0 Å². The molecule has 1 nitrogen and oxygen atoms in total. The van der Waals surface area contributed by atoms with E-state index in [-0.39, 0.29) is 0 Å². The summed E-state index contributed by atoms with van der Waals surface area (Å²) in [5.41, 5.74) is 1.04. The van der Waals surface area contributed by atoms with Crippen LogP contribution >= 0.6 is 0 Å². The third kappa shape index (κ3) is 24.7. The highest BCUT2D eigenvalue weighted by Gasteiger charge is 1.73. The first-order chi connectivity index (χ1) is 6.31. The van der Waals surface area contributed by atoms with Crippen molar-refractivity contribution in [2.75, 3.05) is 0 Å². The van der Waals surface area contributed by atoms with Gasteiger partial charge in [-0.15, -0.1) is 0 Å². The Morgan fingerprint density at radius 1 is 1.00 bits per heavy atom. The molecule has 0 unspecified atom stereocenters. The largest absolute Gasteiger partial charge is 0.266 e. The Labute approximate surface area is 84.3 Å². The molecule has 0 atom stereocenters. The van der Waals surface area contributed by atoms with E-state index in [0.717, 1.165) is 5.70 Å². The molecule has 0 aliphatic carbocycles. The predicted molar refractivity (Wildman–Crippen MR) is 65.4 cm³/mol. The minimum absolute atomic E-state index is 1.04. The van der Waals surface area contributed by atoms with Gasteiger partial charge in [0.25, 0.3) is 0 Å². The summed E-state index contributed by atoms with van der Waals surface area (Å²) in [4.78, 5) is 4.05. The van der Waals surface area contributed by atoms with Crippen LogP contribution in [-0.4, -0.2) is 6.21 Å². The van der Waals surface area contributed by atoms with Crippen LogP contribution in [0.2, 0.25) is 0 Å². The maximum absolute atomic E-state index is 4.05. The van der Waals surface area contributed by atoms with Gasteiger partial charge in [0.05, 0.1) is 0 Å². The lowest BCUT2D eigenvalue weighted by molar-refractivity contribution is 1.31. The zero-order valence-corrected chi connectivity index (χ0v) is 10.3. The Kier molecular flexibility index (Phi) is 31.2. The topological polar surface area (TPSA) is 12.4 Å². The van der Waals surface area contributed by atoms with Crippen LogP contribution in [0.3, 0.4) is 0 Å². The standard InChI is InChI=1S/C8H13N.2C2H6/c1-4-6-7-8(3)9-5-2;2*1-2/h4-7H,1-3H3;2*1-2H3/b6-4-,8-7-,9-5?;;. The van der Waals surface area contributed by atoms with Gasteiger partial charge in [-0.2, -0.15) is 0 Å². The van der Waals surface area contributed by atoms with Crippen LogP contribution < -0.4 is 0 Å². The highest BCUT2D eigenvalue weighted by molar-refractivity contribution is 5.55. The Balaban J connectivity index is -0.000000218. The highest BCUT2D eigenvalue weighted by Crippen LogP contribution is 1.92. The smallest absolute Gasteiger partial charge is 0.0368 e. The van der Waals surface area contributed by atoms with Crippen LogP contribution in [0.1, 0.15) is 48.5 Å². The Morgan fingerprint density at radius 2 is 1.46 bits per heavy atom. The van der Waals surface area contributed by atoms with Crippen LogP contribution in [-0.2, 0) is 0 Å². The Morgan fingerprint density at radius 3 is 1.77 bits per heavy atom. The van der Waals surface area contributed by atoms with E-state index in [1.165, 1.54) is 0 Å². The first-order valence-electron chi connectivity index (χ1n) is 5.09. The van der Waals surface area contributed by atoms with Crippen molar-refractivity contribution in [3.63, 3.8) is 0 Å². The summed E-state index contributed by atoms with van der Waals surface area (Å²) in [6, 6.07) is 0. The first kappa shape index (κ1) is 18.0. The second kappa shape index (κ2) is 22.5. The summed E-state index contributed by atoms with van der Waals surface area (Å²) in [5, 5.41) is 0. The van der Waals surface area contributed by atoms with Crippen molar-refractivity contribution in [2.24, 2.45) is 4.99 Å². The van der Waals surface area contributed by atoms with Crippen molar-refractivity contribution in [1.29, 1.82) is 0 Å². The fourth-order valence-electron chi connectivity index (χ4n) is 0.482. The summed E-state index contributed by atoms with van der Waals surface area (Å²) in [7, 11) is 0. The van der Waals surface area contributed by atoms with Crippen LogP contribution in [0.4, 0.5) is 0 Å². The van der Waals surface area contributed by atoms with Crippen molar-refractivity contribution < 1.29 is 0 Å². The molecule has 0 fully saturated rings. The second-order valence-corrected chi connectivity index (χ2v) is 1.72. The second-order valence-electron chi connectivity index (χ2n) is 1.72. The van der Waals surface area contributed by atoms with Crippen LogP contribution in [0.5, 0.6) is 0 Å². The quantitative estimate of drug-likeness (QED) is 0.438. The summed E-state index contributed by atoms with van der Waals surface area (Å²) in [6.07, 6.45) is 7.71. The molecule has 0 aromatic heterocycles. The van der Waals surface area contributed by atoms with E-state index in [1.54, 1.807) is 6.21 Å². The lowest BCUT2D eigenvalue weighted by atomic mass is 10.4. The molecule has 0 spiro atoms. The minimum Gasteiger partial charge on any atom is -0.266 e. The van der Waals surface area contributed by atoms with E-state index in [1.807, 2.05) is 66.7 Å². The number of hydrogen-bond acceptors (Lipinski definition) is 1. The van der Waals surface area contributed by atoms with Gasteiger partial charge in [0, 0.05) is 11.9 Å². The molecule has 0 amide bonds. The summed E-state index contributed by atoms with van der Waals surface area (Å²) < 4.78 is 0. The first-order valence-corrected chi connectivity index (χ1v) is 5.09. The molecule has 13 heavy (non-hydrogen) atoms. The molecular weight excluding hydrogens is 158 g/mol. The van der Waals surface area contributed by atoms with E-state index in [0.29, 0.717) is 0 Å². The van der Waals surface area contributed by atoms with E-state index in [4.69, 9.17) is 0 Å². The van der Waals surface area contributed by atoms with E-state index < -0.39 is 0 Å². The van der Waals surface area contributed by atoms with Gasteiger partial charge in [-0.25, -0.2) is 0 Å². The monoisotopic (exact) mass is 183 g/mol. The molecule has 0 saturated heterocycles. The third-order valence-electron chi connectivity index (χ3n) is 0.863. The van der Waals surface area contributed by atoms with Gasteiger partial charge in [0.15, 0.2) is 0 Å². The molecule has 0 bridgehead atoms. The van der Waals surface area contributed by atoms with Crippen molar-refractivity contribution in [2.45, 2.75) is 48.5 Å². The lowest BCUT2D eigenvalue weighted by Crippen LogP contribution is -1.66. The molecule has 1 heteroatoms. The molecule has 78 valence electrons. The molecule has 0 rings (SSSR count). The zero-order valence-electron chi connectivity index (χ0n) is 10.3. The Hall–Kier alpha value is -0.850. The average molecular weight is 183 g/mol. The average Bonchev–Trinajstić information content (AvgIpc) is 2.21. The lowest BCUT2D eigenvalue weighted by Gasteiger charge is -1.83. The van der Waals surface area contributed by atoms with Gasteiger partial charge in [-0.1, -0.05) is 39.8 Å². The van der Waals surface area contributed by atoms with Crippen LogP contribution in [0.25, 0.3) is 0 Å². The molecular formula is C12H25N. The van der Waals surface area contributed by atoms with Crippen LogP contribution in [0.15, 0.2) is 28.9 Å². The molecule has 0 aliphatic rings. The molecule has 0 aromatic rings. The van der Waals surface area contributed by atoms with Crippen molar-refractivity contribution in [3.8, 4) is 0 Å². The normalized spacial score (nSPS) is 10.5. The van der Waals surface area contributed by atoms with Crippen molar-refractivity contribution in [1.82, 2.24) is 0 Å². The molecule has 0 aliphatic heterocycles. The zero-order chi connectivity index (χ0) is 11.1. The maximum Gasteiger partial charge on any atom is 0.0368 e. The van der Waals surface area contributed by atoms with Gasteiger partial charge in [0.2, 0.25) is 0 Å². The SMILES string of the molecule is CC.CC.CC=N/C(C)=C\C=C/C. The van der Waals surface area contributed by atoms with Crippen molar-refractivity contribution >= 4 is 6.21 Å². The maximum atomic E-state index is 4.05. The molecule has 0 radical (unpaired) electrons. The fraction of sp³-hybridized carbons (Fsp3) is 0.583. The molecule has 0 saturated carbocycles. The van der Waals surface area contributed by atoms with E-state index >= 15 is 0 Å². The third-order valence-corrected chi connectivity index (χ3v) is 0.863. The molecule has 0 aromatic carbocycles. The van der Waals surface area contributed by atoms with E-state index in [9.17, 15) is 0 Å². The minimum atomic E-state index is 1.04. The van der Waals surface area contributed by atoms with Crippen LogP contribution in [0, 0.1) is 0 Å². The fourth-order valence-corrected chi connectivity index (χ4v) is 0.482. The number of hydrogen-bond donors (Lipinski definition) is 0. The Bertz CT molecular complexity index is 141. The number of nitrogens with zero attached hydrogens (tertiary/aromatic N) is 1. The summed E-state index contributed by atoms with van der Waals surface area (Å²) in [6.45, 7) is 13.9.